The highest BCUT2D eigenvalue weighted by molar-refractivity contribution is 5.99. The average Bonchev–Trinajstić information content (AvgIpc) is 2.66. The fourth-order valence-electron chi connectivity index (χ4n) is 2.59. The smallest absolute Gasteiger partial charge is 0.269 e. The molecule has 134 valence electrons. The average molecular weight is 356 g/mol. The molecule has 1 N–H and O–H groups in total. The first-order valence-electron chi connectivity index (χ1n) is 7.54. The molecule has 0 amide bonds. The highest BCUT2D eigenvalue weighted by atomic mass is 16.6. The first-order valence-corrected chi connectivity index (χ1v) is 7.54. The molecule has 9 heteroatoms. The van der Waals surface area contributed by atoms with E-state index in [-0.39, 0.29) is 5.69 Å². The first kappa shape index (κ1) is 17.2. The van der Waals surface area contributed by atoms with E-state index in [1.807, 2.05) is 0 Å². The number of methoxy groups -OCH3 is 3. The van der Waals surface area contributed by atoms with Crippen LogP contribution in [0, 0.1) is 10.1 Å². The monoisotopic (exact) mass is 356 g/mol. The summed E-state index contributed by atoms with van der Waals surface area (Å²) in [6, 6.07) is 7.73. The van der Waals surface area contributed by atoms with E-state index in [4.69, 9.17) is 14.2 Å². The zero-order chi connectivity index (χ0) is 18.7. The van der Waals surface area contributed by atoms with Crippen LogP contribution in [0.25, 0.3) is 10.9 Å². The van der Waals surface area contributed by atoms with E-state index in [1.54, 1.807) is 18.2 Å². The van der Waals surface area contributed by atoms with E-state index in [0.717, 1.165) is 0 Å². The van der Waals surface area contributed by atoms with Crippen LogP contribution in [-0.2, 0) is 0 Å². The van der Waals surface area contributed by atoms with Gasteiger partial charge in [0, 0.05) is 23.9 Å². The van der Waals surface area contributed by atoms with Gasteiger partial charge in [-0.1, -0.05) is 0 Å². The largest absolute Gasteiger partial charge is 0.493 e. The van der Waals surface area contributed by atoms with Crippen molar-refractivity contribution in [1.29, 1.82) is 0 Å². The summed E-state index contributed by atoms with van der Waals surface area (Å²) < 4.78 is 16.2. The van der Waals surface area contributed by atoms with E-state index in [1.165, 1.54) is 39.8 Å². The number of nitro benzene ring substituents is 1. The number of non-ortho nitro benzene ring substituents is 1. The van der Waals surface area contributed by atoms with Gasteiger partial charge in [0.25, 0.3) is 5.69 Å². The Morgan fingerprint density at radius 2 is 1.69 bits per heavy atom. The maximum absolute atomic E-state index is 10.8. The van der Waals surface area contributed by atoms with Crippen molar-refractivity contribution in [2.75, 3.05) is 26.6 Å². The van der Waals surface area contributed by atoms with Crippen LogP contribution in [0.1, 0.15) is 0 Å². The van der Waals surface area contributed by atoms with E-state index in [2.05, 4.69) is 15.3 Å². The lowest BCUT2D eigenvalue weighted by molar-refractivity contribution is -0.384. The third-order valence-electron chi connectivity index (χ3n) is 3.77. The van der Waals surface area contributed by atoms with Gasteiger partial charge in [-0.25, -0.2) is 9.97 Å². The van der Waals surface area contributed by atoms with E-state index < -0.39 is 4.92 Å². The molecule has 3 rings (SSSR count). The third-order valence-corrected chi connectivity index (χ3v) is 3.77. The number of rotatable bonds is 6. The molecular formula is C17H16N4O5. The summed E-state index contributed by atoms with van der Waals surface area (Å²) in [5.41, 5.74) is 1.23. The minimum absolute atomic E-state index is 0.00656. The molecule has 0 fully saturated rings. The summed E-state index contributed by atoms with van der Waals surface area (Å²) in [7, 11) is 4.55. The van der Waals surface area contributed by atoms with Gasteiger partial charge in [-0.15, -0.1) is 0 Å². The number of benzene rings is 2. The van der Waals surface area contributed by atoms with Gasteiger partial charge in [-0.3, -0.25) is 10.1 Å². The van der Waals surface area contributed by atoms with Gasteiger partial charge in [0.05, 0.1) is 37.2 Å². The number of nitro groups is 1. The summed E-state index contributed by atoms with van der Waals surface area (Å²) in [6.45, 7) is 0. The van der Waals surface area contributed by atoms with E-state index in [0.29, 0.717) is 39.7 Å². The Kier molecular flexibility index (Phi) is 4.70. The Hall–Kier alpha value is -3.62. The number of nitrogens with one attached hydrogen (secondary N) is 1. The zero-order valence-electron chi connectivity index (χ0n) is 14.3. The van der Waals surface area contributed by atoms with Gasteiger partial charge >= 0.3 is 0 Å². The quantitative estimate of drug-likeness (QED) is 0.529. The molecule has 26 heavy (non-hydrogen) atoms. The van der Waals surface area contributed by atoms with Crippen molar-refractivity contribution >= 4 is 28.1 Å². The maximum atomic E-state index is 10.8. The van der Waals surface area contributed by atoms with Crippen molar-refractivity contribution in [3.8, 4) is 17.2 Å². The molecule has 0 aliphatic heterocycles. The molecule has 0 saturated carbocycles. The minimum atomic E-state index is -0.454. The Bertz CT molecular complexity index is 960. The van der Waals surface area contributed by atoms with Crippen molar-refractivity contribution in [1.82, 2.24) is 9.97 Å². The molecule has 0 aliphatic carbocycles. The molecule has 1 aromatic heterocycles. The standard InChI is InChI=1S/C17H16N4O5/c1-24-13-8-12-14(16(26-3)15(13)25-2)17(19-9-18-12)20-10-4-6-11(7-5-10)21(22)23/h4-9H,1-3H3,(H,18,19,20). The molecule has 3 aromatic rings. The lowest BCUT2D eigenvalue weighted by Gasteiger charge is -2.16. The number of fused-ring (bicyclic) bond motifs is 1. The highest BCUT2D eigenvalue weighted by Gasteiger charge is 2.20. The first-order chi connectivity index (χ1) is 12.6. The van der Waals surface area contributed by atoms with Crippen molar-refractivity contribution in [3.63, 3.8) is 0 Å². The number of anilines is 2. The summed E-state index contributed by atoms with van der Waals surface area (Å²) in [5, 5.41) is 14.5. The van der Waals surface area contributed by atoms with Crippen LogP contribution in [-0.4, -0.2) is 36.2 Å². The van der Waals surface area contributed by atoms with Crippen molar-refractivity contribution < 1.29 is 19.1 Å². The number of aromatic nitrogens is 2. The molecule has 0 aliphatic rings. The predicted octanol–water partition coefficient (Wildman–Crippen LogP) is 3.31. The van der Waals surface area contributed by atoms with Gasteiger partial charge in [-0.2, -0.15) is 0 Å². The van der Waals surface area contributed by atoms with E-state index >= 15 is 0 Å². The van der Waals surface area contributed by atoms with Crippen molar-refractivity contribution in [2.45, 2.75) is 0 Å². The summed E-state index contributed by atoms with van der Waals surface area (Å²) >= 11 is 0. The second-order valence-electron chi connectivity index (χ2n) is 5.19. The Morgan fingerprint density at radius 3 is 2.27 bits per heavy atom. The molecule has 9 nitrogen and oxygen atoms in total. The van der Waals surface area contributed by atoms with Gasteiger partial charge < -0.3 is 19.5 Å². The Morgan fingerprint density at radius 1 is 1.00 bits per heavy atom. The summed E-state index contributed by atoms with van der Waals surface area (Å²) in [5.74, 6) is 1.80. The molecule has 1 heterocycles. The second kappa shape index (κ2) is 7.09. The lowest BCUT2D eigenvalue weighted by Crippen LogP contribution is -2.01. The van der Waals surface area contributed by atoms with E-state index in [9.17, 15) is 10.1 Å². The van der Waals surface area contributed by atoms with Crippen LogP contribution in [0.3, 0.4) is 0 Å². The van der Waals surface area contributed by atoms with Crippen LogP contribution in [0.15, 0.2) is 36.7 Å². The van der Waals surface area contributed by atoms with Crippen LogP contribution in [0.2, 0.25) is 0 Å². The summed E-state index contributed by atoms with van der Waals surface area (Å²) in [6.07, 6.45) is 1.40. The van der Waals surface area contributed by atoms with Gasteiger partial charge in [0.15, 0.2) is 11.5 Å². The molecule has 0 spiro atoms. The molecule has 0 unspecified atom stereocenters. The van der Waals surface area contributed by atoms with Gasteiger partial charge in [0.2, 0.25) is 5.75 Å². The lowest BCUT2D eigenvalue weighted by atomic mass is 10.1. The van der Waals surface area contributed by atoms with Crippen LogP contribution >= 0.6 is 0 Å². The fourth-order valence-corrected chi connectivity index (χ4v) is 2.59. The zero-order valence-corrected chi connectivity index (χ0v) is 14.3. The van der Waals surface area contributed by atoms with Crippen LogP contribution in [0.5, 0.6) is 17.2 Å². The molecule has 0 radical (unpaired) electrons. The Labute approximate surface area is 148 Å². The molecular weight excluding hydrogens is 340 g/mol. The topological polar surface area (TPSA) is 109 Å². The third kappa shape index (κ3) is 3.02. The van der Waals surface area contributed by atoms with Crippen LogP contribution in [0.4, 0.5) is 17.2 Å². The highest BCUT2D eigenvalue weighted by Crippen LogP contribution is 2.45. The molecule has 0 saturated heterocycles. The second-order valence-corrected chi connectivity index (χ2v) is 5.19. The molecule has 0 bridgehead atoms. The Balaban J connectivity index is 2.12. The fraction of sp³-hybridized carbons (Fsp3) is 0.176. The maximum Gasteiger partial charge on any atom is 0.269 e. The SMILES string of the molecule is COc1cc2ncnc(Nc3ccc([N+](=O)[O-])cc3)c2c(OC)c1OC. The van der Waals surface area contributed by atoms with Crippen LogP contribution < -0.4 is 19.5 Å². The van der Waals surface area contributed by atoms with Crippen molar-refractivity contribution in [3.05, 3.63) is 46.8 Å². The van der Waals surface area contributed by atoms with Gasteiger partial charge in [0.1, 0.15) is 12.1 Å². The predicted molar refractivity (Wildman–Crippen MR) is 95.6 cm³/mol. The van der Waals surface area contributed by atoms with Gasteiger partial charge in [-0.05, 0) is 12.1 Å². The van der Waals surface area contributed by atoms with Crippen molar-refractivity contribution in [2.24, 2.45) is 0 Å². The number of hydrogen-bond donors (Lipinski definition) is 1. The number of nitrogens with zero attached hydrogens (tertiary/aromatic N) is 3. The number of ether oxygens (including phenoxy) is 3. The minimum Gasteiger partial charge on any atom is -0.493 e. The summed E-state index contributed by atoms with van der Waals surface area (Å²) in [4.78, 5) is 18.9. The normalized spacial score (nSPS) is 10.4. The number of hydrogen-bond acceptors (Lipinski definition) is 8. The molecule has 0 atom stereocenters. The molecule has 2 aromatic carbocycles.